The van der Waals surface area contributed by atoms with Gasteiger partial charge in [0, 0.05) is 33.5 Å². The van der Waals surface area contributed by atoms with E-state index in [-0.39, 0.29) is 28.1 Å². The van der Waals surface area contributed by atoms with Crippen LogP contribution in [0.1, 0.15) is 113 Å². The molecule has 0 atom stereocenters. The fraction of sp³-hybridized carbons (Fsp3) is 0.500. The first-order valence-corrected chi connectivity index (χ1v) is 11.4. The molecule has 0 saturated heterocycles. The number of benzene rings is 2. The van der Waals surface area contributed by atoms with E-state index in [0.29, 0.717) is 22.3 Å². The number of ketones is 2. The highest BCUT2D eigenvalue weighted by Crippen LogP contribution is 2.42. The minimum Gasteiger partial charge on any atom is -0.361 e. The number of anilines is 1. The maximum atomic E-state index is 13.9. The van der Waals surface area contributed by atoms with Gasteiger partial charge < -0.3 is 4.90 Å². The van der Waals surface area contributed by atoms with Crippen molar-refractivity contribution < 1.29 is 9.59 Å². The van der Waals surface area contributed by atoms with E-state index in [1.807, 2.05) is 36.4 Å². The van der Waals surface area contributed by atoms with Crippen LogP contribution in [0.2, 0.25) is 0 Å². The first-order chi connectivity index (χ1) is 14.2. The summed E-state index contributed by atoms with van der Waals surface area (Å²) in [6, 6.07) is 11.5. The predicted octanol–water partition coefficient (Wildman–Crippen LogP) is 6.94. The third-order valence-electron chi connectivity index (χ3n) is 6.24. The summed E-state index contributed by atoms with van der Waals surface area (Å²) in [5.41, 5.74) is 3.38. The monoisotopic (exact) mass is 419 g/mol. The Balaban J connectivity index is 2.30. The molecule has 0 radical (unpaired) electrons. The van der Waals surface area contributed by atoms with Crippen LogP contribution in [0.3, 0.4) is 0 Å². The normalized spacial score (nSPS) is 14.4. The maximum absolute atomic E-state index is 13.9. The first-order valence-electron chi connectivity index (χ1n) is 11.4. The minimum atomic E-state index is -0.220. The number of nitrogens with zero attached hydrogens (tertiary/aromatic N) is 1. The lowest BCUT2D eigenvalue weighted by atomic mass is 9.72. The van der Waals surface area contributed by atoms with Gasteiger partial charge in [-0.25, -0.2) is 0 Å². The second kappa shape index (κ2) is 7.62. The molecule has 0 heterocycles. The van der Waals surface area contributed by atoms with Gasteiger partial charge >= 0.3 is 0 Å². The van der Waals surface area contributed by atoms with Gasteiger partial charge in [-0.3, -0.25) is 9.59 Å². The molecule has 166 valence electrons. The highest BCUT2D eigenvalue weighted by Gasteiger charge is 2.40. The van der Waals surface area contributed by atoms with E-state index in [4.69, 9.17) is 0 Å². The van der Waals surface area contributed by atoms with Gasteiger partial charge in [-0.15, -0.1) is 0 Å². The van der Waals surface area contributed by atoms with Crippen LogP contribution in [0.4, 0.5) is 5.69 Å². The summed E-state index contributed by atoms with van der Waals surface area (Å²) in [5.74, 6) is -0.0816. The average molecular weight is 420 g/mol. The molecule has 1 aliphatic rings. The topological polar surface area (TPSA) is 37.4 Å². The predicted molar refractivity (Wildman–Crippen MR) is 130 cm³/mol. The lowest BCUT2D eigenvalue weighted by Crippen LogP contribution is -2.53. The molecule has 0 aliphatic heterocycles. The molecule has 0 saturated carbocycles. The number of fused-ring (bicyclic) bond motifs is 2. The molecule has 2 aromatic rings. The molecule has 3 nitrogen and oxygen atoms in total. The molecule has 3 heteroatoms. The molecule has 0 aromatic heterocycles. The van der Waals surface area contributed by atoms with Crippen molar-refractivity contribution in [2.75, 3.05) is 4.90 Å². The highest BCUT2D eigenvalue weighted by molar-refractivity contribution is 6.30. The van der Waals surface area contributed by atoms with Crippen LogP contribution in [0.25, 0.3) is 0 Å². The van der Waals surface area contributed by atoms with Crippen LogP contribution in [-0.2, 0) is 5.41 Å². The quantitative estimate of drug-likeness (QED) is 0.459. The third kappa shape index (κ3) is 3.95. The summed E-state index contributed by atoms with van der Waals surface area (Å²) in [5, 5.41) is 0. The SMILES string of the molecule is CCCC(C)(C)c1cccc2c1C(=O)c1cccc(N(C(C)(C)C)C(C)(C)C)c1C2=O. The summed E-state index contributed by atoms with van der Waals surface area (Å²) in [4.78, 5) is 30.0. The van der Waals surface area contributed by atoms with E-state index in [1.54, 1.807) is 0 Å². The van der Waals surface area contributed by atoms with Crippen molar-refractivity contribution in [1.82, 2.24) is 0 Å². The van der Waals surface area contributed by atoms with Gasteiger partial charge in [0.05, 0.1) is 5.56 Å². The van der Waals surface area contributed by atoms with Crippen molar-refractivity contribution >= 4 is 17.3 Å². The molecule has 0 N–H and O–H groups in total. The van der Waals surface area contributed by atoms with Crippen LogP contribution in [0, 0.1) is 0 Å². The Morgan fingerprint density at radius 1 is 0.710 bits per heavy atom. The molecule has 0 bridgehead atoms. The molecule has 0 fully saturated rings. The van der Waals surface area contributed by atoms with E-state index >= 15 is 0 Å². The molecule has 2 aromatic carbocycles. The van der Waals surface area contributed by atoms with Crippen LogP contribution in [0.5, 0.6) is 0 Å². The van der Waals surface area contributed by atoms with E-state index in [2.05, 4.69) is 67.2 Å². The smallest absolute Gasteiger partial charge is 0.196 e. The molecule has 1 aliphatic carbocycles. The van der Waals surface area contributed by atoms with Crippen molar-refractivity contribution in [2.24, 2.45) is 0 Å². The molecular weight excluding hydrogens is 382 g/mol. The van der Waals surface area contributed by atoms with E-state index < -0.39 is 0 Å². The largest absolute Gasteiger partial charge is 0.361 e. The van der Waals surface area contributed by atoms with Crippen LogP contribution in [0.15, 0.2) is 36.4 Å². The molecule has 31 heavy (non-hydrogen) atoms. The zero-order valence-corrected chi connectivity index (χ0v) is 20.6. The Bertz CT molecular complexity index is 1020. The van der Waals surface area contributed by atoms with E-state index in [0.717, 1.165) is 24.1 Å². The van der Waals surface area contributed by atoms with Gasteiger partial charge in [0.2, 0.25) is 0 Å². The molecule has 3 rings (SSSR count). The van der Waals surface area contributed by atoms with Gasteiger partial charge in [-0.1, -0.05) is 57.5 Å². The fourth-order valence-electron chi connectivity index (χ4n) is 5.46. The lowest BCUT2D eigenvalue weighted by molar-refractivity contribution is 0.0977. The number of hydrogen-bond acceptors (Lipinski definition) is 3. The second-order valence-corrected chi connectivity index (χ2v) is 11.4. The number of carbonyl (C=O) groups excluding carboxylic acids is 2. The van der Waals surface area contributed by atoms with Crippen molar-refractivity contribution in [3.8, 4) is 0 Å². The van der Waals surface area contributed by atoms with Gasteiger partial charge in [0.15, 0.2) is 11.6 Å². The minimum absolute atomic E-state index is 0.0333. The molecule has 0 unspecified atom stereocenters. The Morgan fingerprint density at radius 2 is 1.19 bits per heavy atom. The van der Waals surface area contributed by atoms with Crippen LogP contribution in [-0.4, -0.2) is 22.6 Å². The van der Waals surface area contributed by atoms with Gasteiger partial charge in [0.25, 0.3) is 0 Å². The summed E-state index contributed by atoms with van der Waals surface area (Å²) in [6.07, 6.45) is 1.98. The fourth-order valence-corrected chi connectivity index (χ4v) is 5.46. The Hall–Kier alpha value is -2.42. The standard InChI is InChI=1S/C28H37NO2/c1-10-17-28(8,9)20-15-11-13-18-22(20)24(30)19-14-12-16-21(23(19)25(18)31)29(26(2,3)4)27(5,6)7/h11-16H,10,17H2,1-9H3. The highest BCUT2D eigenvalue weighted by atomic mass is 16.1. The number of rotatable bonds is 4. The summed E-state index contributed by atoms with van der Waals surface area (Å²) < 4.78 is 0. The van der Waals surface area contributed by atoms with Gasteiger partial charge in [-0.05, 0) is 65.0 Å². The Morgan fingerprint density at radius 3 is 1.71 bits per heavy atom. The number of carbonyl (C=O) groups is 2. The Labute approximate surface area is 187 Å². The average Bonchev–Trinajstić information content (AvgIpc) is 2.63. The van der Waals surface area contributed by atoms with Crippen molar-refractivity contribution in [2.45, 2.75) is 91.6 Å². The number of hydrogen-bond donors (Lipinski definition) is 0. The maximum Gasteiger partial charge on any atom is 0.196 e. The van der Waals surface area contributed by atoms with E-state index in [9.17, 15) is 9.59 Å². The van der Waals surface area contributed by atoms with E-state index in [1.165, 1.54) is 0 Å². The van der Waals surface area contributed by atoms with Crippen molar-refractivity contribution in [1.29, 1.82) is 0 Å². The zero-order chi connectivity index (χ0) is 23.4. The third-order valence-corrected chi connectivity index (χ3v) is 6.24. The summed E-state index contributed by atoms with van der Waals surface area (Å²) >= 11 is 0. The molecular formula is C28H37NO2. The van der Waals surface area contributed by atoms with Crippen molar-refractivity contribution in [3.05, 3.63) is 64.2 Å². The van der Waals surface area contributed by atoms with Gasteiger partial charge in [-0.2, -0.15) is 0 Å². The lowest BCUT2D eigenvalue weighted by Gasteiger charge is -2.48. The van der Waals surface area contributed by atoms with Crippen LogP contribution < -0.4 is 4.90 Å². The van der Waals surface area contributed by atoms with Gasteiger partial charge in [0.1, 0.15) is 0 Å². The zero-order valence-electron chi connectivity index (χ0n) is 20.6. The Kier molecular flexibility index (Phi) is 5.71. The summed E-state index contributed by atoms with van der Waals surface area (Å²) in [6.45, 7) is 19.3. The first kappa shape index (κ1) is 23.2. The van der Waals surface area contributed by atoms with Crippen LogP contribution >= 0.6 is 0 Å². The van der Waals surface area contributed by atoms with Crippen molar-refractivity contribution in [3.63, 3.8) is 0 Å². The summed E-state index contributed by atoms with van der Waals surface area (Å²) in [7, 11) is 0. The molecule has 0 amide bonds. The molecule has 0 spiro atoms. The second-order valence-electron chi connectivity index (χ2n) is 11.4.